The number of benzene rings is 2. The van der Waals surface area contributed by atoms with E-state index < -0.39 is 0 Å². The zero-order valence-electron chi connectivity index (χ0n) is 11.9. The lowest BCUT2D eigenvalue weighted by Gasteiger charge is -2.02. The summed E-state index contributed by atoms with van der Waals surface area (Å²) in [6.07, 6.45) is 5.03. The molecule has 0 bridgehead atoms. The highest BCUT2D eigenvalue weighted by atomic mass is 35.5. The van der Waals surface area contributed by atoms with Gasteiger partial charge in [0.1, 0.15) is 17.6 Å². The Labute approximate surface area is 132 Å². The Morgan fingerprint density at radius 3 is 2.59 bits per heavy atom. The summed E-state index contributed by atoms with van der Waals surface area (Å²) in [5.74, 6) is 0.653. The molecular formula is C18H13ClO3. The average Bonchev–Trinajstić information content (AvgIpc) is 2.55. The van der Waals surface area contributed by atoms with E-state index in [-0.39, 0.29) is 5.43 Å². The molecule has 0 N–H and O–H groups in total. The Morgan fingerprint density at radius 1 is 1.09 bits per heavy atom. The van der Waals surface area contributed by atoms with Gasteiger partial charge in [-0.05, 0) is 35.9 Å². The molecule has 0 amide bonds. The van der Waals surface area contributed by atoms with E-state index in [0.29, 0.717) is 27.3 Å². The van der Waals surface area contributed by atoms with E-state index in [0.717, 1.165) is 5.56 Å². The van der Waals surface area contributed by atoms with Gasteiger partial charge in [0.15, 0.2) is 5.43 Å². The number of hydrogen-bond acceptors (Lipinski definition) is 3. The van der Waals surface area contributed by atoms with Crippen molar-refractivity contribution in [3.05, 3.63) is 75.1 Å². The van der Waals surface area contributed by atoms with Gasteiger partial charge in [-0.1, -0.05) is 29.8 Å². The van der Waals surface area contributed by atoms with Gasteiger partial charge in [-0.25, -0.2) is 0 Å². The third-order valence-electron chi connectivity index (χ3n) is 3.33. The minimum absolute atomic E-state index is 0.0749. The Bertz CT molecular complexity index is 892. The zero-order chi connectivity index (χ0) is 15.5. The second-order valence-electron chi connectivity index (χ2n) is 4.77. The van der Waals surface area contributed by atoms with Crippen molar-refractivity contribution in [1.82, 2.24) is 0 Å². The average molecular weight is 313 g/mol. The summed E-state index contributed by atoms with van der Waals surface area (Å²) in [6.45, 7) is 0. The smallest absolute Gasteiger partial charge is 0.199 e. The highest BCUT2D eigenvalue weighted by molar-refractivity contribution is 6.30. The molecule has 0 saturated heterocycles. The van der Waals surface area contributed by atoms with Crippen LogP contribution >= 0.6 is 11.6 Å². The van der Waals surface area contributed by atoms with Crippen LogP contribution in [0.15, 0.2) is 57.9 Å². The molecule has 3 rings (SSSR count). The fraction of sp³-hybridized carbons (Fsp3) is 0.0556. The predicted octanol–water partition coefficient (Wildman–Crippen LogP) is 4.63. The summed E-state index contributed by atoms with van der Waals surface area (Å²) >= 11 is 5.84. The first kappa shape index (κ1) is 14.4. The largest absolute Gasteiger partial charge is 0.497 e. The normalized spacial score (nSPS) is 11.2. The molecule has 110 valence electrons. The van der Waals surface area contributed by atoms with Crippen molar-refractivity contribution in [3.8, 4) is 5.75 Å². The number of ether oxygens (including phenoxy) is 1. The molecule has 0 radical (unpaired) electrons. The monoisotopic (exact) mass is 312 g/mol. The molecule has 0 unspecified atom stereocenters. The van der Waals surface area contributed by atoms with Crippen LogP contribution in [0.5, 0.6) is 5.75 Å². The third kappa shape index (κ3) is 2.90. The van der Waals surface area contributed by atoms with Crippen LogP contribution in [-0.2, 0) is 0 Å². The molecule has 0 aliphatic rings. The number of rotatable bonds is 3. The molecule has 3 aromatic rings. The first-order chi connectivity index (χ1) is 10.7. The molecule has 0 spiro atoms. The standard InChI is InChI=1S/C18H13ClO3/c1-21-15-8-9-16-17(10-15)22-11-13(18(16)20)5-2-12-3-6-14(19)7-4-12/h2-11H,1H3/b5-2+. The van der Waals surface area contributed by atoms with E-state index in [2.05, 4.69) is 0 Å². The van der Waals surface area contributed by atoms with Crippen molar-refractivity contribution < 1.29 is 9.15 Å². The molecule has 1 heterocycles. The maximum atomic E-state index is 12.4. The van der Waals surface area contributed by atoms with Crippen LogP contribution in [0.3, 0.4) is 0 Å². The lowest BCUT2D eigenvalue weighted by Crippen LogP contribution is -2.04. The van der Waals surface area contributed by atoms with E-state index in [4.69, 9.17) is 20.8 Å². The molecule has 22 heavy (non-hydrogen) atoms. The fourth-order valence-corrected chi connectivity index (χ4v) is 2.25. The van der Waals surface area contributed by atoms with Gasteiger partial charge in [-0.3, -0.25) is 4.79 Å². The summed E-state index contributed by atoms with van der Waals surface area (Å²) in [6, 6.07) is 12.5. The fourth-order valence-electron chi connectivity index (χ4n) is 2.13. The second-order valence-corrected chi connectivity index (χ2v) is 5.20. The van der Waals surface area contributed by atoms with Gasteiger partial charge in [0.2, 0.25) is 0 Å². The van der Waals surface area contributed by atoms with E-state index in [1.807, 2.05) is 18.2 Å². The van der Waals surface area contributed by atoms with Crippen LogP contribution in [0.4, 0.5) is 0 Å². The molecular weight excluding hydrogens is 300 g/mol. The van der Waals surface area contributed by atoms with Crippen molar-refractivity contribution in [3.63, 3.8) is 0 Å². The van der Waals surface area contributed by atoms with Crippen molar-refractivity contribution >= 4 is 34.7 Å². The van der Waals surface area contributed by atoms with E-state index >= 15 is 0 Å². The van der Waals surface area contributed by atoms with Gasteiger partial charge in [0, 0.05) is 11.1 Å². The molecule has 1 aromatic heterocycles. The summed E-state index contributed by atoms with van der Waals surface area (Å²) in [7, 11) is 1.57. The minimum atomic E-state index is -0.0749. The Kier molecular flexibility index (Phi) is 3.98. The maximum absolute atomic E-state index is 12.4. The zero-order valence-corrected chi connectivity index (χ0v) is 12.6. The van der Waals surface area contributed by atoms with Gasteiger partial charge < -0.3 is 9.15 Å². The maximum Gasteiger partial charge on any atom is 0.199 e. The lowest BCUT2D eigenvalue weighted by molar-refractivity contribution is 0.414. The molecule has 0 aliphatic heterocycles. The lowest BCUT2D eigenvalue weighted by atomic mass is 10.1. The molecule has 0 atom stereocenters. The van der Waals surface area contributed by atoms with E-state index in [1.54, 1.807) is 43.5 Å². The second kappa shape index (κ2) is 6.08. The third-order valence-corrected chi connectivity index (χ3v) is 3.59. The van der Waals surface area contributed by atoms with Gasteiger partial charge in [-0.2, -0.15) is 0 Å². The predicted molar refractivity (Wildman–Crippen MR) is 89.4 cm³/mol. The summed E-state index contributed by atoms with van der Waals surface area (Å²) < 4.78 is 10.6. The van der Waals surface area contributed by atoms with Crippen LogP contribution in [-0.4, -0.2) is 7.11 Å². The summed E-state index contributed by atoms with van der Waals surface area (Å²) in [5, 5.41) is 1.20. The van der Waals surface area contributed by atoms with Gasteiger partial charge in [0.25, 0.3) is 0 Å². The van der Waals surface area contributed by atoms with Crippen LogP contribution in [0.1, 0.15) is 11.1 Å². The molecule has 4 heteroatoms. The highest BCUT2D eigenvalue weighted by Crippen LogP contribution is 2.19. The quantitative estimate of drug-likeness (QED) is 0.708. The van der Waals surface area contributed by atoms with Crippen molar-refractivity contribution in [2.75, 3.05) is 7.11 Å². The van der Waals surface area contributed by atoms with Crippen LogP contribution in [0.25, 0.3) is 23.1 Å². The Hall–Kier alpha value is -2.52. The molecule has 2 aromatic carbocycles. The van der Waals surface area contributed by atoms with Crippen LogP contribution in [0, 0.1) is 0 Å². The molecule has 0 fully saturated rings. The highest BCUT2D eigenvalue weighted by Gasteiger charge is 2.06. The first-order valence-corrected chi connectivity index (χ1v) is 7.08. The summed E-state index contributed by atoms with van der Waals surface area (Å²) in [5.41, 5.74) is 1.88. The van der Waals surface area contributed by atoms with E-state index in [9.17, 15) is 4.79 Å². The number of hydrogen-bond donors (Lipinski definition) is 0. The number of methoxy groups -OCH3 is 1. The minimum Gasteiger partial charge on any atom is -0.497 e. The number of halogens is 1. The topological polar surface area (TPSA) is 39.4 Å². The van der Waals surface area contributed by atoms with Crippen molar-refractivity contribution in [1.29, 1.82) is 0 Å². The van der Waals surface area contributed by atoms with Gasteiger partial charge in [0.05, 0.1) is 18.1 Å². The van der Waals surface area contributed by atoms with Crippen molar-refractivity contribution in [2.45, 2.75) is 0 Å². The van der Waals surface area contributed by atoms with Gasteiger partial charge >= 0.3 is 0 Å². The molecule has 0 saturated carbocycles. The first-order valence-electron chi connectivity index (χ1n) is 6.70. The van der Waals surface area contributed by atoms with Crippen molar-refractivity contribution in [2.24, 2.45) is 0 Å². The van der Waals surface area contributed by atoms with Gasteiger partial charge in [-0.15, -0.1) is 0 Å². The number of fused-ring (bicyclic) bond motifs is 1. The molecule has 0 aliphatic carbocycles. The van der Waals surface area contributed by atoms with Crippen LogP contribution in [0.2, 0.25) is 5.02 Å². The Balaban J connectivity index is 1.99. The Morgan fingerprint density at radius 2 is 1.86 bits per heavy atom. The summed E-state index contributed by atoms with van der Waals surface area (Å²) in [4.78, 5) is 12.4. The SMILES string of the molecule is COc1ccc2c(=O)c(/C=C/c3ccc(Cl)cc3)coc2c1. The molecule has 3 nitrogen and oxygen atoms in total. The van der Waals surface area contributed by atoms with E-state index in [1.165, 1.54) is 6.26 Å². The van der Waals surface area contributed by atoms with Crippen LogP contribution < -0.4 is 10.2 Å².